The molecular weight excluding hydrogens is 256 g/mol. The molecule has 2 rings (SSSR count). The van der Waals surface area contributed by atoms with Crippen molar-refractivity contribution in [2.24, 2.45) is 5.73 Å². The smallest absolute Gasteiger partial charge is 0.256 e. The number of rotatable bonds is 8. The first-order valence-electron chi connectivity index (χ1n) is 7.10. The van der Waals surface area contributed by atoms with Gasteiger partial charge in [-0.3, -0.25) is 0 Å². The van der Waals surface area contributed by atoms with E-state index in [1.807, 2.05) is 12.3 Å². The van der Waals surface area contributed by atoms with Gasteiger partial charge in [0.05, 0.1) is 13.7 Å². The van der Waals surface area contributed by atoms with Crippen molar-refractivity contribution in [1.29, 1.82) is 0 Å². The highest BCUT2D eigenvalue weighted by atomic mass is 16.5. The molecule has 1 aromatic heterocycles. The second-order valence-corrected chi connectivity index (χ2v) is 5.44. The molecule has 0 atom stereocenters. The average Bonchev–Trinajstić information content (AvgIpc) is 2.42. The second-order valence-electron chi connectivity index (χ2n) is 5.44. The fourth-order valence-electron chi connectivity index (χ4n) is 2.43. The highest BCUT2D eigenvalue weighted by Gasteiger charge is 2.32. The molecule has 5 heteroatoms. The topological polar surface area (TPSA) is 66.6 Å². The van der Waals surface area contributed by atoms with Crippen LogP contribution in [-0.4, -0.2) is 38.0 Å². The van der Waals surface area contributed by atoms with Crippen LogP contribution in [0.5, 0.6) is 11.6 Å². The Kier molecular flexibility index (Phi) is 5.20. The van der Waals surface area contributed by atoms with Crippen molar-refractivity contribution in [2.45, 2.75) is 37.6 Å². The first kappa shape index (κ1) is 15.1. The molecule has 0 bridgehead atoms. The number of nitrogens with zero attached hydrogens (tertiary/aromatic N) is 1. The van der Waals surface area contributed by atoms with E-state index in [0.717, 1.165) is 31.2 Å². The Morgan fingerprint density at radius 1 is 1.30 bits per heavy atom. The van der Waals surface area contributed by atoms with E-state index in [0.29, 0.717) is 24.8 Å². The van der Waals surface area contributed by atoms with Gasteiger partial charge >= 0.3 is 0 Å². The molecule has 1 aromatic rings. The van der Waals surface area contributed by atoms with Crippen molar-refractivity contribution in [1.82, 2.24) is 4.98 Å². The van der Waals surface area contributed by atoms with Crippen LogP contribution in [0.3, 0.4) is 0 Å². The van der Waals surface area contributed by atoms with Gasteiger partial charge in [0.1, 0.15) is 0 Å². The van der Waals surface area contributed by atoms with Crippen molar-refractivity contribution < 1.29 is 14.2 Å². The molecule has 0 radical (unpaired) electrons. The van der Waals surface area contributed by atoms with E-state index < -0.39 is 0 Å². The monoisotopic (exact) mass is 280 g/mol. The number of pyridine rings is 1. The molecular formula is C15H24N2O3. The maximum Gasteiger partial charge on any atom is 0.256 e. The Hall–Kier alpha value is -1.33. The summed E-state index contributed by atoms with van der Waals surface area (Å²) in [6, 6.07) is 1.99. The number of ether oxygens (including phenoxy) is 3. The van der Waals surface area contributed by atoms with Crippen LogP contribution in [-0.2, 0) is 11.2 Å². The van der Waals surface area contributed by atoms with Gasteiger partial charge in [-0.25, -0.2) is 4.98 Å². The zero-order chi connectivity index (χ0) is 14.4. The molecule has 20 heavy (non-hydrogen) atoms. The number of hydrogen-bond acceptors (Lipinski definition) is 5. The Morgan fingerprint density at radius 2 is 2.10 bits per heavy atom. The van der Waals surface area contributed by atoms with E-state index in [1.54, 1.807) is 14.2 Å². The fraction of sp³-hybridized carbons (Fsp3) is 0.667. The summed E-state index contributed by atoms with van der Waals surface area (Å²) >= 11 is 0. The molecule has 0 amide bonds. The molecule has 0 unspecified atom stereocenters. The van der Waals surface area contributed by atoms with Crippen LogP contribution in [0.15, 0.2) is 12.3 Å². The third-order valence-electron chi connectivity index (χ3n) is 3.72. The fourth-order valence-corrected chi connectivity index (χ4v) is 2.43. The van der Waals surface area contributed by atoms with Gasteiger partial charge < -0.3 is 19.9 Å². The van der Waals surface area contributed by atoms with E-state index in [9.17, 15) is 0 Å². The lowest BCUT2D eigenvalue weighted by Gasteiger charge is -2.38. The third-order valence-corrected chi connectivity index (χ3v) is 3.72. The summed E-state index contributed by atoms with van der Waals surface area (Å²) < 4.78 is 16.0. The largest absolute Gasteiger partial charge is 0.488 e. The normalized spacial score (nSPS) is 16.6. The highest BCUT2D eigenvalue weighted by Crippen LogP contribution is 2.34. The van der Waals surface area contributed by atoms with Crippen LogP contribution in [0.1, 0.15) is 31.2 Å². The maximum absolute atomic E-state index is 6.28. The van der Waals surface area contributed by atoms with Crippen molar-refractivity contribution in [3.63, 3.8) is 0 Å². The standard InChI is InChI=1S/C15H24N2O3/c1-18-7-4-8-20-13-9-12(11-17-14(13)19-2)10-15(16)5-3-6-15/h9,11H,3-8,10,16H2,1-2H3. The molecule has 1 aliphatic rings. The maximum atomic E-state index is 6.28. The van der Waals surface area contributed by atoms with Crippen LogP contribution in [0.2, 0.25) is 0 Å². The minimum absolute atomic E-state index is 0.0520. The third kappa shape index (κ3) is 3.84. The lowest BCUT2D eigenvalue weighted by atomic mass is 9.74. The summed E-state index contributed by atoms with van der Waals surface area (Å²) in [6.07, 6.45) is 6.91. The molecule has 1 fully saturated rings. The molecule has 0 spiro atoms. The van der Waals surface area contributed by atoms with Crippen LogP contribution in [0, 0.1) is 0 Å². The van der Waals surface area contributed by atoms with E-state index >= 15 is 0 Å². The van der Waals surface area contributed by atoms with Crippen molar-refractivity contribution in [3.05, 3.63) is 17.8 Å². The van der Waals surface area contributed by atoms with Crippen molar-refractivity contribution in [3.8, 4) is 11.6 Å². The highest BCUT2D eigenvalue weighted by molar-refractivity contribution is 5.37. The zero-order valence-electron chi connectivity index (χ0n) is 12.4. The number of methoxy groups -OCH3 is 2. The van der Waals surface area contributed by atoms with Gasteiger partial charge in [0.25, 0.3) is 5.88 Å². The van der Waals surface area contributed by atoms with Gasteiger partial charge in [-0.2, -0.15) is 0 Å². The van der Waals surface area contributed by atoms with Gasteiger partial charge in [-0.1, -0.05) is 0 Å². The molecule has 5 nitrogen and oxygen atoms in total. The number of hydrogen-bond donors (Lipinski definition) is 1. The van der Waals surface area contributed by atoms with Crippen molar-refractivity contribution >= 4 is 0 Å². The van der Waals surface area contributed by atoms with E-state index in [1.165, 1.54) is 6.42 Å². The average molecular weight is 280 g/mol. The van der Waals surface area contributed by atoms with Crippen LogP contribution < -0.4 is 15.2 Å². The number of aromatic nitrogens is 1. The first-order valence-corrected chi connectivity index (χ1v) is 7.10. The molecule has 112 valence electrons. The minimum atomic E-state index is -0.0520. The van der Waals surface area contributed by atoms with Crippen molar-refractivity contribution in [2.75, 3.05) is 27.4 Å². The van der Waals surface area contributed by atoms with Crippen LogP contribution in [0.4, 0.5) is 0 Å². The predicted octanol–water partition coefficient (Wildman–Crippen LogP) is 1.93. The molecule has 0 saturated heterocycles. The quantitative estimate of drug-likeness (QED) is 0.737. The SMILES string of the molecule is COCCCOc1cc(CC2(N)CCC2)cnc1OC. The Labute approximate surface area is 120 Å². The summed E-state index contributed by atoms with van der Waals surface area (Å²) in [5.74, 6) is 1.20. The van der Waals surface area contributed by atoms with Gasteiger partial charge in [-0.05, 0) is 37.3 Å². The first-order chi connectivity index (χ1) is 9.67. The van der Waals surface area contributed by atoms with Gasteiger partial charge in [0, 0.05) is 31.9 Å². The molecule has 0 aromatic carbocycles. The lowest BCUT2D eigenvalue weighted by Crippen LogP contribution is -2.48. The molecule has 1 saturated carbocycles. The minimum Gasteiger partial charge on any atom is -0.488 e. The second kappa shape index (κ2) is 6.90. The molecule has 2 N–H and O–H groups in total. The van der Waals surface area contributed by atoms with Gasteiger partial charge in [0.15, 0.2) is 5.75 Å². The molecule has 1 aliphatic carbocycles. The Morgan fingerprint density at radius 3 is 2.70 bits per heavy atom. The zero-order valence-corrected chi connectivity index (χ0v) is 12.4. The molecule has 1 heterocycles. The Bertz CT molecular complexity index is 433. The number of nitrogens with two attached hydrogens (primary N) is 1. The van der Waals surface area contributed by atoms with Crippen LogP contribution >= 0.6 is 0 Å². The summed E-state index contributed by atoms with van der Waals surface area (Å²) in [4.78, 5) is 4.30. The van der Waals surface area contributed by atoms with E-state index in [-0.39, 0.29) is 5.54 Å². The summed E-state index contributed by atoms with van der Waals surface area (Å²) in [6.45, 7) is 1.27. The van der Waals surface area contributed by atoms with Gasteiger partial charge in [-0.15, -0.1) is 0 Å². The Balaban J connectivity index is 1.99. The lowest BCUT2D eigenvalue weighted by molar-refractivity contribution is 0.170. The molecule has 0 aliphatic heterocycles. The van der Waals surface area contributed by atoms with E-state index in [2.05, 4.69) is 4.98 Å². The van der Waals surface area contributed by atoms with Crippen LogP contribution in [0.25, 0.3) is 0 Å². The summed E-state index contributed by atoms with van der Waals surface area (Å²) in [5, 5.41) is 0. The van der Waals surface area contributed by atoms with Gasteiger partial charge in [0.2, 0.25) is 0 Å². The van der Waals surface area contributed by atoms with E-state index in [4.69, 9.17) is 19.9 Å². The summed E-state index contributed by atoms with van der Waals surface area (Å²) in [5.41, 5.74) is 7.33. The predicted molar refractivity (Wildman–Crippen MR) is 77.3 cm³/mol. The summed E-state index contributed by atoms with van der Waals surface area (Å²) in [7, 11) is 3.28.